The van der Waals surface area contributed by atoms with Gasteiger partial charge in [0.05, 0.1) is 5.69 Å². The van der Waals surface area contributed by atoms with Crippen molar-refractivity contribution in [1.29, 1.82) is 0 Å². The van der Waals surface area contributed by atoms with Crippen molar-refractivity contribution in [1.82, 2.24) is 15.6 Å². The van der Waals surface area contributed by atoms with Crippen LogP contribution in [0.3, 0.4) is 0 Å². The highest BCUT2D eigenvalue weighted by Crippen LogP contribution is 2.15. The Balaban J connectivity index is 1.39. The molecule has 152 valence electrons. The molecule has 0 bridgehead atoms. The lowest BCUT2D eigenvalue weighted by Gasteiger charge is -2.16. The summed E-state index contributed by atoms with van der Waals surface area (Å²) in [5, 5.41) is 8.91. The van der Waals surface area contributed by atoms with Crippen LogP contribution >= 0.6 is 11.3 Å². The van der Waals surface area contributed by atoms with Crippen molar-refractivity contribution >= 4 is 17.3 Å². The van der Waals surface area contributed by atoms with Crippen molar-refractivity contribution in [3.05, 3.63) is 82.3 Å². The van der Waals surface area contributed by atoms with E-state index in [2.05, 4.69) is 57.2 Å². The van der Waals surface area contributed by atoms with Crippen LogP contribution in [0.25, 0.3) is 0 Å². The van der Waals surface area contributed by atoms with Crippen LogP contribution in [-0.2, 0) is 19.6 Å². The number of pyridine rings is 1. The number of hydrogen-bond acceptors (Lipinski definition) is 4. The average molecular weight is 409 g/mol. The first-order valence-electron chi connectivity index (χ1n) is 9.81. The molecule has 1 atom stereocenters. The Morgan fingerprint density at radius 3 is 2.66 bits per heavy atom. The fourth-order valence-corrected chi connectivity index (χ4v) is 3.74. The molecule has 0 spiro atoms. The number of hydrogen-bond donors (Lipinski definition) is 2. The number of nitrogens with zero attached hydrogens (tertiary/aromatic N) is 2. The molecule has 0 saturated carbocycles. The van der Waals surface area contributed by atoms with Gasteiger partial charge in [0.2, 0.25) is 0 Å². The van der Waals surface area contributed by atoms with Gasteiger partial charge in [0.25, 0.3) is 0 Å². The molecule has 3 aromatic rings. The second-order valence-corrected chi connectivity index (χ2v) is 7.98. The van der Waals surface area contributed by atoms with Gasteiger partial charge in [-0.2, -0.15) is 0 Å². The summed E-state index contributed by atoms with van der Waals surface area (Å²) in [7, 11) is 1.80. The van der Waals surface area contributed by atoms with Crippen LogP contribution in [0.1, 0.15) is 23.1 Å². The van der Waals surface area contributed by atoms with E-state index in [1.807, 2.05) is 41.7 Å². The molecule has 1 aromatic carbocycles. The van der Waals surface area contributed by atoms with Gasteiger partial charge in [0.15, 0.2) is 5.96 Å². The van der Waals surface area contributed by atoms with Crippen LogP contribution < -0.4 is 15.4 Å². The van der Waals surface area contributed by atoms with E-state index in [0.717, 1.165) is 30.4 Å². The van der Waals surface area contributed by atoms with Gasteiger partial charge in [-0.3, -0.25) is 9.98 Å². The fraction of sp³-hybridized carbons (Fsp3) is 0.304. The first-order chi connectivity index (χ1) is 14.2. The Kier molecular flexibility index (Phi) is 8.07. The predicted octanol–water partition coefficient (Wildman–Crippen LogP) is 4.27. The molecule has 5 nitrogen and oxygen atoms in total. The van der Waals surface area contributed by atoms with Gasteiger partial charge in [0, 0.05) is 31.2 Å². The Bertz CT molecular complexity index is 864. The summed E-state index contributed by atoms with van der Waals surface area (Å²) >= 11 is 1.81. The molecule has 29 heavy (non-hydrogen) atoms. The summed E-state index contributed by atoms with van der Waals surface area (Å²) in [6.07, 6.45) is 2.86. The molecule has 0 aliphatic heterocycles. The highest BCUT2D eigenvalue weighted by molar-refractivity contribution is 7.09. The molecule has 1 unspecified atom stereocenters. The minimum absolute atomic E-state index is 0.471. The van der Waals surface area contributed by atoms with Crippen molar-refractivity contribution in [2.24, 2.45) is 10.9 Å². The third-order valence-corrected chi connectivity index (χ3v) is 5.37. The van der Waals surface area contributed by atoms with Crippen molar-refractivity contribution < 1.29 is 4.74 Å². The molecule has 0 amide bonds. The Morgan fingerprint density at radius 2 is 1.97 bits per heavy atom. The van der Waals surface area contributed by atoms with Gasteiger partial charge < -0.3 is 15.4 Å². The maximum Gasteiger partial charge on any atom is 0.191 e. The monoisotopic (exact) mass is 408 g/mol. The van der Waals surface area contributed by atoms with Crippen LogP contribution in [0, 0.1) is 5.92 Å². The van der Waals surface area contributed by atoms with Crippen LogP contribution in [0.4, 0.5) is 0 Å². The van der Waals surface area contributed by atoms with Gasteiger partial charge in [-0.05, 0) is 53.6 Å². The fourth-order valence-electron chi connectivity index (χ4n) is 2.87. The lowest BCUT2D eigenvalue weighted by atomic mass is 10.1. The molecule has 0 saturated heterocycles. The van der Waals surface area contributed by atoms with Crippen LogP contribution in [0.2, 0.25) is 0 Å². The second kappa shape index (κ2) is 11.2. The first kappa shape index (κ1) is 20.9. The number of nitrogens with one attached hydrogen (secondary N) is 2. The van der Waals surface area contributed by atoms with Crippen molar-refractivity contribution in [2.45, 2.75) is 26.5 Å². The summed E-state index contributed by atoms with van der Waals surface area (Å²) in [6.45, 7) is 4.32. The van der Waals surface area contributed by atoms with Crippen molar-refractivity contribution in [2.75, 3.05) is 13.6 Å². The maximum atomic E-state index is 5.78. The molecule has 2 aromatic heterocycles. The quantitative estimate of drug-likeness (QED) is 0.410. The zero-order valence-electron chi connectivity index (χ0n) is 17.0. The highest BCUT2D eigenvalue weighted by atomic mass is 32.1. The van der Waals surface area contributed by atoms with Gasteiger partial charge in [0.1, 0.15) is 12.4 Å². The third-order valence-electron chi connectivity index (χ3n) is 4.47. The molecule has 6 heteroatoms. The Labute approximate surface area is 176 Å². The maximum absolute atomic E-state index is 5.78. The average Bonchev–Trinajstić information content (AvgIpc) is 3.27. The van der Waals surface area contributed by atoms with E-state index in [1.54, 1.807) is 13.2 Å². The standard InChI is InChI=1S/C23H28N4OS/c1-18(14-22-7-5-13-29-22)15-26-23(24-2)27-16-19-8-10-21(11-9-19)28-17-20-6-3-4-12-25-20/h3-13,18H,14-17H2,1-2H3,(H2,24,26,27). The Morgan fingerprint density at radius 1 is 1.10 bits per heavy atom. The normalized spacial score (nSPS) is 12.4. The molecule has 0 aliphatic rings. The van der Waals surface area contributed by atoms with Crippen LogP contribution in [-0.4, -0.2) is 24.5 Å². The predicted molar refractivity (Wildman–Crippen MR) is 120 cm³/mol. The van der Waals surface area contributed by atoms with E-state index in [9.17, 15) is 0 Å². The number of aromatic nitrogens is 1. The smallest absolute Gasteiger partial charge is 0.191 e. The van der Waals surface area contributed by atoms with Gasteiger partial charge in [-0.1, -0.05) is 31.2 Å². The van der Waals surface area contributed by atoms with Crippen LogP contribution in [0.15, 0.2) is 71.2 Å². The lowest BCUT2D eigenvalue weighted by molar-refractivity contribution is 0.301. The summed E-state index contributed by atoms with van der Waals surface area (Å²) in [5.41, 5.74) is 2.09. The number of benzene rings is 1. The Hall–Kier alpha value is -2.86. The summed E-state index contributed by atoms with van der Waals surface area (Å²) < 4.78 is 5.78. The topological polar surface area (TPSA) is 58.5 Å². The van der Waals surface area contributed by atoms with Crippen LogP contribution in [0.5, 0.6) is 5.75 Å². The molecule has 3 rings (SSSR count). The first-order valence-corrected chi connectivity index (χ1v) is 10.7. The number of thiophene rings is 1. The number of aliphatic imine (C=N–C) groups is 1. The molecular weight excluding hydrogens is 380 g/mol. The van der Waals surface area contributed by atoms with Crippen molar-refractivity contribution in [3.63, 3.8) is 0 Å². The zero-order chi connectivity index (χ0) is 20.3. The van der Waals surface area contributed by atoms with E-state index in [4.69, 9.17) is 4.74 Å². The minimum atomic E-state index is 0.471. The highest BCUT2D eigenvalue weighted by Gasteiger charge is 2.06. The van der Waals surface area contributed by atoms with Crippen molar-refractivity contribution in [3.8, 4) is 5.75 Å². The SMILES string of the molecule is CN=C(NCc1ccc(OCc2ccccn2)cc1)NCC(C)Cc1cccs1. The number of ether oxygens (including phenoxy) is 1. The van der Waals surface area contributed by atoms with Gasteiger partial charge in [-0.15, -0.1) is 11.3 Å². The lowest BCUT2D eigenvalue weighted by Crippen LogP contribution is -2.39. The molecule has 2 N–H and O–H groups in total. The molecular formula is C23H28N4OS. The van der Waals surface area contributed by atoms with E-state index < -0.39 is 0 Å². The van der Waals surface area contributed by atoms with Gasteiger partial charge in [-0.25, -0.2) is 0 Å². The second-order valence-electron chi connectivity index (χ2n) is 6.95. The van der Waals surface area contributed by atoms with E-state index >= 15 is 0 Å². The third kappa shape index (κ3) is 7.23. The molecule has 2 heterocycles. The number of rotatable bonds is 9. The van der Waals surface area contributed by atoms with E-state index in [-0.39, 0.29) is 0 Å². The van der Waals surface area contributed by atoms with Gasteiger partial charge >= 0.3 is 0 Å². The summed E-state index contributed by atoms with van der Waals surface area (Å²) in [6, 6.07) is 18.2. The zero-order valence-corrected chi connectivity index (χ0v) is 17.8. The van der Waals surface area contributed by atoms with E-state index in [0.29, 0.717) is 19.1 Å². The molecule has 0 aliphatic carbocycles. The minimum Gasteiger partial charge on any atom is -0.487 e. The summed E-state index contributed by atoms with van der Waals surface area (Å²) in [5.74, 6) is 2.20. The molecule has 0 radical (unpaired) electrons. The largest absolute Gasteiger partial charge is 0.487 e. The number of guanidine groups is 1. The summed E-state index contributed by atoms with van der Waals surface area (Å²) in [4.78, 5) is 10.0. The molecule has 0 fully saturated rings. The van der Waals surface area contributed by atoms with E-state index in [1.165, 1.54) is 10.4 Å².